The van der Waals surface area contributed by atoms with Crippen LogP contribution in [0, 0.1) is 0 Å². The first-order chi connectivity index (χ1) is 11.1. The fraction of sp³-hybridized carbons (Fsp3) is 0.0667. The van der Waals surface area contributed by atoms with Crippen LogP contribution in [0.2, 0.25) is 5.02 Å². The van der Waals surface area contributed by atoms with E-state index in [1.165, 1.54) is 12.1 Å². The summed E-state index contributed by atoms with van der Waals surface area (Å²) in [6.07, 6.45) is 0. The smallest absolute Gasteiger partial charge is 0.242 e. The molecule has 0 radical (unpaired) electrons. The molecule has 0 saturated heterocycles. The van der Waals surface area contributed by atoms with Gasteiger partial charge in [-0.2, -0.15) is 4.98 Å². The van der Waals surface area contributed by atoms with E-state index in [2.05, 4.69) is 14.9 Å². The molecule has 0 atom stereocenters. The van der Waals surface area contributed by atoms with Crippen molar-refractivity contribution in [2.24, 2.45) is 0 Å². The van der Waals surface area contributed by atoms with Crippen LogP contribution in [0.1, 0.15) is 5.89 Å². The zero-order chi connectivity index (χ0) is 16.3. The number of nitrogens with zero attached hydrogens (tertiary/aromatic N) is 2. The molecule has 0 bridgehead atoms. The van der Waals surface area contributed by atoms with Gasteiger partial charge in [-0.15, -0.1) is 0 Å². The second kappa shape index (κ2) is 6.49. The van der Waals surface area contributed by atoms with Crippen molar-refractivity contribution in [2.45, 2.75) is 11.4 Å². The normalized spacial score (nSPS) is 11.5. The highest BCUT2D eigenvalue weighted by Crippen LogP contribution is 2.20. The molecule has 1 N–H and O–H groups in total. The lowest BCUT2D eigenvalue weighted by atomic mass is 10.2. The average molecular weight is 350 g/mol. The molecule has 0 aliphatic heterocycles. The molecule has 1 heterocycles. The lowest BCUT2D eigenvalue weighted by Gasteiger charge is -2.05. The van der Waals surface area contributed by atoms with Crippen molar-refractivity contribution in [1.29, 1.82) is 0 Å². The Hall–Kier alpha value is -2.22. The van der Waals surface area contributed by atoms with Crippen LogP contribution < -0.4 is 4.72 Å². The highest BCUT2D eigenvalue weighted by atomic mass is 35.5. The minimum Gasteiger partial charge on any atom is -0.338 e. The Balaban J connectivity index is 1.74. The van der Waals surface area contributed by atoms with Gasteiger partial charge in [0.2, 0.25) is 21.7 Å². The van der Waals surface area contributed by atoms with Gasteiger partial charge < -0.3 is 4.52 Å². The van der Waals surface area contributed by atoms with Crippen molar-refractivity contribution in [1.82, 2.24) is 14.9 Å². The highest BCUT2D eigenvalue weighted by Gasteiger charge is 2.18. The van der Waals surface area contributed by atoms with E-state index in [0.717, 1.165) is 5.56 Å². The molecule has 23 heavy (non-hydrogen) atoms. The van der Waals surface area contributed by atoms with E-state index in [4.69, 9.17) is 16.1 Å². The van der Waals surface area contributed by atoms with Crippen molar-refractivity contribution < 1.29 is 12.9 Å². The van der Waals surface area contributed by atoms with Gasteiger partial charge in [-0.3, -0.25) is 0 Å². The Labute approximate surface area is 138 Å². The number of hydrogen-bond donors (Lipinski definition) is 1. The van der Waals surface area contributed by atoms with Crippen LogP contribution in [0.4, 0.5) is 0 Å². The Morgan fingerprint density at radius 2 is 1.74 bits per heavy atom. The highest BCUT2D eigenvalue weighted by molar-refractivity contribution is 7.89. The number of sulfonamides is 1. The summed E-state index contributed by atoms with van der Waals surface area (Å²) in [5.41, 5.74) is 0.788. The minimum absolute atomic E-state index is 0.00413. The van der Waals surface area contributed by atoms with Gasteiger partial charge in [0, 0.05) is 5.56 Å². The molecule has 0 saturated carbocycles. The molecule has 0 aliphatic rings. The summed E-state index contributed by atoms with van der Waals surface area (Å²) in [5, 5.41) is 3.98. The first-order valence-electron chi connectivity index (χ1n) is 6.68. The maximum atomic E-state index is 12.2. The van der Waals surface area contributed by atoms with E-state index in [0.29, 0.717) is 5.82 Å². The molecule has 1 aromatic heterocycles. The van der Waals surface area contributed by atoms with E-state index in [-0.39, 0.29) is 22.4 Å². The lowest BCUT2D eigenvalue weighted by molar-refractivity contribution is 0.376. The monoisotopic (exact) mass is 349 g/mol. The number of halogens is 1. The number of hydrogen-bond acceptors (Lipinski definition) is 5. The molecule has 0 spiro atoms. The Morgan fingerprint density at radius 1 is 1.04 bits per heavy atom. The summed E-state index contributed by atoms with van der Waals surface area (Å²) in [6, 6.07) is 15.4. The third-order valence-corrected chi connectivity index (χ3v) is 4.94. The van der Waals surface area contributed by atoms with Gasteiger partial charge in [-0.05, 0) is 12.1 Å². The van der Waals surface area contributed by atoms with Gasteiger partial charge in [-0.1, -0.05) is 59.2 Å². The van der Waals surface area contributed by atoms with Gasteiger partial charge in [0.05, 0.1) is 11.6 Å². The quantitative estimate of drug-likeness (QED) is 0.765. The summed E-state index contributed by atoms with van der Waals surface area (Å²) in [7, 11) is -3.75. The Morgan fingerprint density at radius 3 is 2.48 bits per heavy atom. The molecule has 3 aromatic rings. The SMILES string of the molecule is O=S(=O)(NCc1nc(-c2ccccc2)no1)c1ccccc1Cl. The van der Waals surface area contributed by atoms with Crippen LogP contribution in [-0.4, -0.2) is 18.6 Å². The molecular formula is C15H12ClN3O3S. The topological polar surface area (TPSA) is 85.1 Å². The molecule has 0 unspecified atom stereocenters. The average Bonchev–Trinajstić information content (AvgIpc) is 3.03. The van der Waals surface area contributed by atoms with Gasteiger partial charge in [-0.25, -0.2) is 13.1 Å². The molecule has 0 aliphatic carbocycles. The maximum Gasteiger partial charge on any atom is 0.242 e. The van der Waals surface area contributed by atoms with E-state index in [1.807, 2.05) is 30.3 Å². The van der Waals surface area contributed by atoms with E-state index >= 15 is 0 Å². The predicted octanol–water partition coefficient (Wildman–Crippen LogP) is 2.87. The van der Waals surface area contributed by atoms with E-state index in [9.17, 15) is 8.42 Å². The standard InChI is InChI=1S/C15H12ClN3O3S/c16-12-8-4-5-9-13(12)23(20,21)17-10-14-18-15(19-22-14)11-6-2-1-3-7-11/h1-9,17H,10H2. The molecule has 8 heteroatoms. The summed E-state index contributed by atoms with van der Waals surface area (Å²) >= 11 is 5.90. The van der Waals surface area contributed by atoms with Crippen molar-refractivity contribution in [3.63, 3.8) is 0 Å². The van der Waals surface area contributed by atoms with Crippen LogP contribution >= 0.6 is 11.6 Å². The first kappa shape index (κ1) is 15.7. The number of aromatic nitrogens is 2. The van der Waals surface area contributed by atoms with Gasteiger partial charge in [0.15, 0.2) is 0 Å². The second-order valence-corrected chi connectivity index (χ2v) is 6.78. The van der Waals surface area contributed by atoms with Crippen molar-refractivity contribution >= 4 is 21.6 Å². The van der Waals surface area contributed by atoms with Crippen molar-refractivity contribution in [2.75, 3.05) is 0 Å². The van der Waals surface area contributed by atoms with Crippen LogP contribution in [0.3, 0.4) is 0 Å². The summed E-state index contributed by atoms with van der Waals surface area (Å²) in [5.74, 6) is 0.567. The maximum absolute atomic E-state index is 12.2. The van der Waals surface area contributed by atoms with Gasteiger partial charge in [0.1, 0.15) is 4.90 Å². The van der Waals surface area contributed by atoms with Crippen LogP contribution in [-0.2, 0) is 16.6 Å². The zero-order valence-electron chi connectivity index (χ0n) is 11.8. The zero-order valence-corrected chi connectivity index (χ0v) is 13.4. The van der Waals surface area contributed by atoms with E-state index < -0.39 is 10.0 Å². The molecule has 6 nitrogen and oxygen atoms in total. The second-order valence-electron chi connectivity index (χ2n) is 4.63. The molecule has 0 amide bonds. The van der Waals surface area contributed by atoms with Gasteiger partial charge in [0.25, 0.3) is 0 Å². The summed E-state index contributed by atoms with van der Waals surface area (Å²) in [6.45, 7) is -0.118. The van der Waals surface area contributed by atoms with E-state index in [1.54, 1.807) is 12.1 Å². The van der Waals surface area contributed by atoms with Crippen LogP contribution in [0.25, 0.3) is 11.4 Å². The number of nitrogens with one attached hydrogen (secondary N) is 1. The summed E-state index contributed by atoms with van der Waals surface area (Å²) in [4.78, 5) is 4.17. The summed E-state index contributed by atoms with van der Waals surface area (Å²) < 4.78 is 31.9. The lowest BCUT2D eigenvalue weighted by Crippen LogP contribution is -2.23. The van der Waals surface area contributed by atoms with Gasteiger partial charge >= 0.3 is 0 Å². The predicted molar refractivity (Wildman–Crippen MR) is 85.2 cm³/mol. The Kier molecular flexibility index (Phi) is 4.42. The fourth-order valence-electron chi connectivity index (χ4n) is 1.93. The van der Waals surface area contributed by atoms with Crippen LogP contribution in [0.15, 0.2) is 64.0 Å². The number of benzene rings is 2. The fourth-order valence-corrected chi connectivity index (χ4v) is 3.42. The first-order valence-corrected chi connectivity index (χ1v) is 8.54. The third kappa shape index (κ3) is 3.58. The molecule has 0 fully saturated rings. The molecular weight excluding hydrogens is 338 g/mol. The molecule has 2 aromatic carbocycles. The van der Waals surface area contributed by atoms with Crippen molar-refractivity contribution in [3.8, 4) is 11.4 Å². The largest absolute Gasteiger partial charge is 0.338 e. The van der Waals surface area contributed by atoms with Crippen molar-refractivity contribution in [3.05, 3.63) is 65.5 Å². The molecule has 3 rings (SSSR count). The third-order valence-electron chi connectivity index (χ3n) is 3.04. The van der Waals surface area contributed by atoms with Crippen LogP contribution in [0.5, 0.6) is 0 Å². The Bertz CT molecular complexity index is 910. The minimum atomic E-state index is -3.75. The molecule has 118 valence electrons. The number of rotatable bonds is 5.